The van der Waals surface area contributed by atoms with Gasteiger partial charge in [-0.05, 0) is 38.0 Å². The first-order valence-electron chi connectivity index (χ1n) is 6.61. The number of rotatable bonds is 1. The second kappa shape index (κ2) is 3.83. The molecule has 2 nitrogen and oxygen atoms in total. The van der Waals surface area contributed by atoms with Crippen LogP contribution in [0.2, 0.25) is 0 Å². The fraction of sp³-hybridized carbons (Fsp3) is 0.929. The highest BCUT2D eigenvalue weighted by Gasteiger charge is 2.55. The zero-order valence-electron chi connectivity index (χ0n) is 11.0. The maximum atomic E-state index is 12.1. The van der Waals surface area contributed by atoms with Crippen LogP contribution in [0.1, 0.15) is 59.8 Å². The molecule has 0 radical (unpaired) electrons. The molecule has 92 valence electrons. The summed E-state index contributed by atoms with van der Waals surface area (Å²) in [5.74, 6) is 0.385. The molecule has 1 saturated heterocycles. The SMILES string of the molecule is CCC12CCC(=O)C(C)(C)[C@@H]1O[C@H](C)CC2. The number of carbonyl (C=O) groups is 1. The third kappa shape index (κ3) is 1.62. The maximum absolute atomic E-state index is 12.1. The Labute approximate surface area is 98.7 Å². The first kappa shape index (κ1) is 12.1. The van der Waals surface area contributed by atoms with Crippen molar-refractivity contribution in [2.24, 2.45) is 10.8 Å². The first-order valence-corrected chi connectivity index (χ1v) is 6.61. The molecule has 1 unspecified atom stereocenters. The molecule has 1 heterocycles. The van der Waals surface area contributed by atoms with Crippen molar-refractivity contribution < 1.29 is 9.53 Å². The number of carbonyl (C=O) groups excluding carboxylic acids is 1. The Morgan fingerprint density at radius 2 is 2.06 bits per heavy atom. The Morgan fingerprint density at radius 1 is 1.38 bits per heavy atom. The third-order valence-corrected chi connectivity index (χ3v) is 4.90. The van der Waals surface area contributed by atoms with Gasteiger partial charge in [-0.25, -0.2) is 0 Å². The molecule has 2 fully saturated rings. The molecule has 2 heteroatoms. The van der Waals surface area contributed by atoms with Gasteiger partial charge in [0.25, 0.3) is 0 Å². The summed E-state index contributed by atoms with van der Waals surface area (Å²) in [7, 11) is 0. The van der Waals surface area contributed by atoms with Gasteiger partial charge in [0.05, 0.1) is 17.6 Å². The minimum atomic E-state index is -0.289. The van der Waals surface area contributed by atoms with Gasteiger partial charge in [-0.2, -0.15) is 0 Å². The number of hydrogen-bond donors (Lipinski definition) is 0. The molecule has 0 amide bonds. The number of fused-ring (bicyclic) bond motifs is 1. The van der Waals surface area contributed by atoms with Gasteiger partial charge in [0, 0.05) is 6.42 Å². The van der Waals surface area contributed by atoms with Gasteiger partial charge >= 0.3 is 0 Å². The predicted molar refractivity (Wildman–Crippen MR) is 64.3 cm³/mol. The van der Waals surface area contributed by atoms with E-state index in [2.05, 4.69) is 27.7 Å². The van der Waals surface area contributed by atoms with E-state index in [1.807, 2.05) is 0 Å². The topological polar surface area (TPSA) is 26.3 Å². The summed E-state index contributed by atoms with van der Waals surface area (Å²) in [5.41, 5.74) is -0.0210. The van der Waals surface area contributed by atoms with Crippen molar-refractivity contribution in [3.05, 3.63) is 0 Å². The lowest BCUT2D eigenvalue weighted by molar-refractivity contribution is -0.195. The van der Waals surface area contributed by atoms with Crippen molar-refractivity contribution in [3.63, 3.8) is 0 Å². The monoisotopic (exact) mass is 224 g/mol. The number of hydrogen-bond acceptors (Lipinski definition) is 2. The van der Waals surface area contributed by atoms with E-state index in [1.165, 1.54) is 6.42 Å². The molecule has 0 aromatic heterocycles. The van der Waals surface area contributed by atoms with E-state index in [9.17, 15) is 4.79 Å². The second-order valence-electron chi connectivity index (χ2n) is 6.23. The molecule has 2 aliphatic rings. The lowest BCUT2D eigenvalue weighted by atomic mass is 9.56. The molecule has 0 spiro atoms. The van der Waals surface area contributed by atoms with Crippen LogP contribution in [0.5, 0.6) is 0 Å². The van der Waals surface area contributed by atoms with Crippen molar-refractivity contribution in [3.8, 4) is 0 Å². The summed E-state index contributed by atoms with van der Waals surface area (Å²) >= 11 is 0. The van der Waals surface area contributed by atoms with E-state index in [4.69, 9.17) is 4.74 Å². The molecule has 16 heavy (non-hydrogen) atoms. The highest BCUT2D eigenvalue weighted by atomic mass is 16.5. The molecule has 0 aromatic carbocycles. The second-order valence-corrected chi connectivity index (χ2v) is 6.23. The average Bonchev–Trinajstić information content (AvgIpc) is 2.26. The van der Waals surface area contributed by atoms with Gasteiger partial charge in [-0.15, -0.1) is 0 Å². The largest absolute Gasteiger partial charge is 0.374 e. The summed E-state index contributed by atoms with van der Waals surface area (Å²) in [6.07, 6.45) is 5.74. The smallest absolute Gasteiger partial charge is 0.141 e. The summed E-state index contributed by atoms with van der Waals surface area (Å²) in [6.45, 7) is 8.52. The summed E-state index contributed by atoms with van der Waals surface area (Å²) in [5, 5.41) is 0. The van der Waals surface area contributed by atoms with E-state index in [1.54, 1.807) is 0 Å². The molecule has 0 N–H and O–H groups in total. The highest BCUT2D eigenvalue weighted by molar-refractivity contribution is 5.85. The molecular formula is C14H24O2. The molecule has 1 saturated carbocycles. The Morgan fingerprint density at radius 3 is 2.69 bits per heavy atom. The molecular weight excluding hydrogens is 200 g/mol. The Balaban J connectivity index is 2.33. The highest BCUT2D eigenvalue weighted by Crippen LogP contribution is 2.53. The van der Waals surface area contributed by atoms with Crippen molar-refractivity contribution in [2.45, 2.75) is 72.0 Å². The molecule has 1 aliphatic carbocycles. The summed E-state index contributed by atoms with van der Waals surface area (Å²) in [6, 6.07) is 0. The Hall–Kier alpha value is -0.370. The molecule has 0 bridgehead atoms. The van der Waals surface area contributed by atoms with Crippen LogP contribution in [-0.2, 0) is 9.53 Å². The third-order valence-electron chi connectivity index (χ3n) is 4.90. The van der Waals surface area contributed by atoms with Gasteiger partial charge in [0.15, 0.2) is 0 Å². The van der Waals surface area contributed by atoms with Crippen molar-refractivity contribution in [1.29, 1.82) is 0 Å². The number of ketones is 1. The fourth-order valence-electron chi connectivity index (χ4n) is 3.63. The van der Waals surface area contributed by atoms with Gasteiger partial charge in [0.2, 0.25) is 0 Å². The molecule has 0 aromatic rings. The van der Waals surface area contributed by atoms with Crippen molar-refractivity contribution in [2.75, 3.05) is 0 Å². The number of Topliss-reactive ketones (excluding diaryl/α,β-unsaturated/α-hetero) is 1. The molecule has 3 atom stereocenters. The van der Waals surface area contributed by atoms with Crippen LogP contribution in [0.4, 0.5) is 0 Å². The molecule has 2 rings (SSSR count). The summed E-state index contributed by atoms with van der Waals surface area (Å²) in [4.78, 5) is 12.1. The van der Waals surface area contributed by atoms with Crippen LogP contribution in [0.15, 0.2) is 0 Å². The van der Waals surface area contributed by atoms with Crippen LogP contribution in [0, 0.1) is 10.8 Å². The normalized spacial score (nSPS) is 42.9. The standard InChI is InChI=1S/C14H24O2/c1-5-14-8-6-10(2)16-12(14)13(3,4)11(15)7-9-14/h10,12H,5-9H2,1-4H3/t10-,12+,14?/m1/s1. The minimum Gasteiger partial charge on any atom is -0.374 e. The lowest BCUT2D eigenvalue weighted by Gasteiger charge is -2.54. The molecule has 1 aliphatic heterocycles. The van der Waals surface area contributed by atoms with Crippen molar-refractivity contribution >= 4 is 5.78 Å². The minimum absolute atomic E-state index is 0.134. The zero-order chi connectivity index (χ0) is 12.0. The fourth-order valence-corrected chi connectivity index (χ4v) is 3.63. The zero-order valence-corrected chi connectivity index (χ0v) is 11.0. The van der Waals surface area contributed by atoms with Crippen LogP contribution in [0.25, 0.3) is 0 Å². The maximum Gasteiger partial charge on any atom is 0.141 e. The van der Waals surface area contributed by atoms with E-state index < -0.39 is 0 Å². The Kier molecular flexibility index (Phi) is 2.90. The van der Waals surface area contributed by atoms with Crippen LogP contribution < -0.4 is 0 Å². The van der Waals surface area contributed by atoms with E-state index in [0.717, 1.165) is 25.7 Å². The van der Waals surface area contributed by atoms with Gasteiger partial charge in [0.1, 0.15) is 5.78 Å². The van der Waals surface area contributed by atoms with Gasteiger partial charge in [-0.1, -0.05) is 20.8 Å². The lowest BCUT2D eigenvalue weighted by Crippen LogP contribution is -2.57. The Bertz CT molecular complexity index is 295. The van der Waals surface area contributed by atoms with Crippen LogP contribution in [-0.4, -0.2) is 18.0 Å². The van der Waals surface area contributed by atoms with Gasteiger partial charge < -0.3 is 4.74 Å². The predicted octanol–water partition coefficient (Wildman–Crippen LogP) is 3.34. The van der Waals surface area contributed by atoms with Crippen molar-refractivity contribution in [1.82, 2.24) is 0 Å². The number of ether oxygens (including phenoxy) is 1. The van der Waals surface area contributed by atoms with E-state index >= 15 is 0 Å². The first-order chi connectivity index (χ1) is 7.42. The summed E-state index contributed by atoms with van der Waals surface area (Å²) < 4.78 is 6.15. The van der Waals surface area contributed by atoms with Crippen LogP contribution in [0.3, 0.4) is 0 Å². The quantitative estimate of drug-likeness (QED) is 0.683. The van der Waals surface area contributed by atoms with Gasteiger partial charge in [-0.3, -0.25) is 4.79 Å². The van der Waals surface area contributed by atoms with E-state index in [-0.39, 0.29) is 16.9 Å². The average molecular weight is 224 g/mol. The van der Waals surface area contributed by atoms with Crippen LogP contribution >= 0.6 is 0 Å². The van der Waals surface area contributed by atoms with E-state index in [0.29, 0.717) is 11.9 Å².